The Balaban J connectivity index is 2.16. The second-order valence-electron chi connectivity index (χ2n) is 7.83. The summed E-state index contributed by atoms with van der Waals surface area (Å²) in [6, 6.07) is 2.94. The first-order valence-electron chi connectivity index (χ1n) is 10.7. The van der Waals surface area contributed by atoms with Gasteiger partial charge in [0.25, 0.3) is 0 Å². The molecular formula is C22H31N5O6S. The van der Waals surface area contributed by atoms with Crippen molar-refractivity contribution in [3.05, 3.63) is 36.0 Å². The molecule has 0 aliphatic carbocycles. The summed E-state index contributed by atoms with van der Waals surface area (Å²) in [5.74, 6) is -2.62. The third-order valence-electron chi connectivity index (χ3n) is 5.25. The number of fused-ring (bicyclic) bond motifs is 1. The van der Waals surface area contributed by atoms with Crippen LogP contribution < -0.4 is 21.7 Å². The first-order chi connectivity index (χ1) is 16.2. The molecule has 11 nitrogen and oxygen atoms in total. The van der Waals surface area contributed by atoms with Crippen molar-refractivity contribution in [2.75, 3.05) is 18.6 Å². The molecule has 8 N–H and O–H groups in total. The lowest BCUT2D eigenvalue weighted by Crippen LogP contribution is -2.57. The molecule has 4 atom stereocenters. The molecule has 1 heterocycles. The molecule has 186 valence electrons. The fraction of sp³-hybridized carbons (Fsp3) is 0.455. The van der Waals surface area contributed by atoms with Gasteiger partial charge < -0.3 is 36.9 Å². The number of nitrogens with two attached hydrogens (primary N) is 1. The molecule has 0 spiro atoms. The average molecular weight is 494 g/mol. The Kier molecular flexibility index (Phi) is 10.4. The highest BCUT2D eigenvalue weighted by Gasteiger charge is 2.29. The van der Waals surface area contributed by atoms with Crippen LogP contribution in [0, 0.1) is 0 Å². The van der Waals surface area contributed by atoms with Crippen molar-refractivity contribution in [2.24, 2.45) is 5.73 Å². The van der Waals surface area contributed by atoms with Crippen molar-refractivity contribution >= 4 is 46.4 Å². The number of carboxylic acids is 1. The van der Waals surface area contributed by atoms with E-state index in [1.807, 2.05) is 30.5 Å². The van der Waals surface area contributed by atoms with Crippen molar-refractivity contribution in [1.29, 1.82) is 0 Å². The van der Waals surface area contributed by atoms with E-state index in [9.17, 15) is 24.3 Å². The number of amides is 3. The van der Waals surface area contributed by atoms with Gasteiger partial charge in [0.2, 0.25) is 17.7 Å². The molecule has 0 saturated carbocycles. The minimum Gasteiger partial charge on any atom is -0.480 e. The largest absolute Gasteiger partial charge is 0.480 e. The van der Waals surface area contributed by atoms with Crippen molar-refractivity contribution in [2.45, 2.75) is 43.9 Å². The number of aliphatic carboxylic acids is 1. The number of carboxylic acid groups (broad SMARTS) is 1. The highest BCUT2D eigenvalue weighted by Crippen LogP contribution is 2.19. The van der Waals surface area contributed by atoms with Crippen molar-refractivity contribution in [3.8, 4) is 0 Å². The number of hydrogen-bond donors (Lipinski definition) is 7. The van der Waals surface area contributed by atoms with E-state index in [1.54, 1.807) is 18.0 Å². The lowest BCUT2D eigenvalue weighted by atomic mass is 10.0. The number of carbonyl (C=O) groups is 4. The number of aliphatic hydroxyl groups excluding tert-OH is 1. The fourth-order valence-corrected chi connectivity index (χ4v) is 3.74. The highest BCUT2D eigenvalue weighted by atomic mass is 32.2. The standard InChI is InChI=1S/C22H31N5O6S/c1-12(25-20(30)15(23)7-8-34-2)19(29)26-17(21(31)27-18(11-28)22(32)33)9-13-10-24-16-6-4-3-5-14(13)16/h3-6,10,12,15,17-18,24,28H,7-9,11,23H2,1-2H3,(H,25,30)(H,26,29)(H,27,31)(H,32,33). The smallest absolute Gasteiger partial charge is 0.328 e. The summed E-state index contributed by atoms with van der Waals surface area (Å²) in [7, 11) is 0. The van der Waals surface area contributed by atoms with E-state index in [0.29, 0.717) is 12.2 Å². The predicted molar refractivity (Wildman–Crippen MR) is 129 cm³/mol. The Bertz CT molecular complexity index is 1010. The van der Waals surface area contributed by atoms with E-state index in [1.165, 1.54) is 6.92 Å². The molecule has 3 amide bonds. The predicted octanol–water partition coefficient (Wildman–Crippen LogP) is -0.658. The van der Waals surface area contributed by atoms with Crippen LogP contribution in [0.3, 0.4) is 0 Å². The first-order valence-corrected chi connectivity index (χ1v) is 12.1. The maximum absolute atomic E-state index is 12.9. The lowest BCUT2D eigenvalue weighted by molar-refractivity contribution is -0.143. The third kappa shape index (κ3) is 7.47. The summed E-state index contributed by atoms with van der Waals surface area (Å²) in [5, 5.41) is 26.6. The summed E-state index contributed by atoms with van der Waals surface area (Å²) in [6.07, 6.45) is 4.09. The van der Waals surface area contributed by atoms with E-state index >= 15 is 0 Å². The number of aliphatic hydroxyl groups is 1. The van der Waals surface area contributed by atoms with Crippen LogP contribution in [0.15, 0.2) is 30.5 Å². The Morgan fingerprint density at radius 1 is 1.06 bits per heavy atom. The molecule has 0 aliphatic rings. The lowest BCUT2D eigenvalue weighted by Gasteiger charge is -2.23. The van der Waals surface area contributed by atoms with Crippen LogP contribution in [0.2, 0.25) is 0 Å². The number of aromatic nitrogens is 1. The summed E-state index contributed by atoms with van der Waals surface area (Å²) in [6.45, 7) is 0.651. The van der Waals surface area contributed by atoms with Crippen LogP contribution in [0.1, 0.15) is 18.9 Å². The molecule has 1 aromatic carbocycles. The SMILES string of the molecule is CSCCC(N)C(=O)NC(C)C(=O)NC(Cc1c[nH]c2ccccc12)C(=O)NC(CO)C(=O)O. The zero-order valence-corrected chi connectivity index (χ0v) is 19.9. The fourth-order valence-electron chi connectivity index (χ4n) is 3.25. The maximum atomic E-state index is 12.9. The van der Waals surface area contributed by atoms with Gasteiger partial charge in [0.15, 0.2) is 0 Å². The van der Waals surface area contributed by atoms with Crippen molar-refractivity contribution < 1.29 is 29.4 Å². The van der Waals surface area contributed by atoms with Gasteiger partial charge in [-0.05, 0) is 37.0 Å². The quantitative estimate of drug-likeness (QED) is 0.192. The van der Waals surface area contributed by atoms with Gasteiger partial charge >= 0.3 is 5.97 Å². The number of aromatic amines is 1. The van der Waals surface area contributed by atoms with Crippen LogP contribution in [0.4, 0.5) is 0 Å². The van der Waals surface area contributed by atoms with Gasteiger partial charge in [0, 0.05) is 23.5 Å². The topological polar surface area (TPSA) is 187 Å². The second kappa shape index (κ2) is 13.0. The number of nitrogens with one attached hydrogen (secondary N) is 4. The van der Waals surface area contributed by atoms with E-state index in [2.05, 4.69) is 20.9 Å². The Hall–Kier alpha value is -3.09. The van der Waals surface area contributed by atoms with Gasteiger partial charge in [-0.2, -0.15) is 11.8 Å². The minimum atomic E-state index is -1.53. The highest BCUT2D eigenvalue weighted by molar-refractivity contribution is 7.98. The van der Waals surface area contributed by atoms with Crippen LogP contribution >= 0.6 is 11.8 Å². The zero-order valence-electron chi connectivity index (χ0n) is 19.0. The molecule has 4 unspecified atom stereocenters. The summed E-state index contributed by atoms with van der Waals surface area (Å²) < 4.78 is 0. The summed E-state index contributed by atoms with van der Waals surface area (Å²) in [5.41, 5.74) is 7.40. The minimum absolute atomic E-state index is 0.0489. The molecule has 0 bridgehead atoms. The van der Waals surface area contributed by atoms with Gasteiger partial charge in [-0.3, -0.25) is 14.4 Å². The van der Waals surface area contributed by atoms with Crippen LogP contribution in [-0.4, -0.2) is 81.7 Å². The average Bonchev–Trinajstić information content (AvgIpc) is 3.22. The number of carbonyl (C=O) groups excluding carboxylic acids is 3. The normalized spacial score (nSPS) is 14.6. The first kappa shape index (κ1) is 27.2. The number of benzene rings is 1. The Morgan fingerprint density at radius 3 is 2.38 bits per heavy atom. The van der Waals surface area contributed by atoms with Crippen LogP contribution in [-0.2, 0) is 25.6 Å². The number of thioether (sulfide) groups is 1. The third-order valence-corrected chi connectivity index (χ3v) is 5.89. The summed E-state index contributed by atoms with van der Waals surface area (Å²) in [4.78, 5) is 52.2. The van der Waals surface area contributed by atoms with Gasteiger partial charge in [-0.15, -0.1) is 0 Å². The maximum Gasteiger partial charge on any atom is 0.328 e. The number of para-hydroxylation sites is 1. The monoisotopic (exact) mass is 493 g/mol. The van der Waals surface area contributed by atoms with E-state index in [-0.39, 0.29) is 6.42 Å². The molecule has 12 heteroatoms. The van der Waals surface area contributed by atoms with Gasteiger partial charge in [0.05, 0.1) is 12.6 Å². The van der Waals surface area contributed by atoms with Crippen molar-refractivity contribution in [3.63, 3.8) is 0 Å². The molecule has 0 radical (unpaired) electrons. The molecule has 34 heavy (non-hydrogen) atoms. The Labute approximate surface area is 201 Å². The molecule has 2 rings (SSSR count). The Morgan fingerprint density at radius 2 is 1.74 bits per heavy atom. The van der Waals surface area contributed by atoms with Gasteiger partial charge in [0.1, 0.15) is 18.1 Å². The summed E-state index contributed by atoms with van der Waals surface area (Å²) >= 11 is 1.55. The second-order valence-corrected chi connectivity index (χ2v) is 8.81. The van der Waals surface area contributed by atoms with Crippen LogP contribution in [0.25, 0.3) is 10.9 Å². The number of hydrogen-bond acceptors (Lipinski definition) is 7. The van der Waals surface area contributed by atoms with Crippen molar-refractivity contribution in [1.82, 2.24) is 20.9 Å². The van der Waals surface area contributed by atoms with Gasteiger partial charge in [-0.1, -0.05) is 18.2 Å². The molecule has 0 fully saturated rings. The van der Waals surface area contributed by atoms with E-state index in [4.69, 9.17) is 10.8 Å². The number of rotatable bonds is 13. The van der Waals surface area contributed by atoms with Gasteiger partial charge in [-0.25, -0.2) is 4.79 Å². The molecule has 1 aromatic heterocycles. The van der Waals surface area contributed by atoms with Crippen LogP contribution in [0.5, 0.6) is 0 Å². The molecule has 0 saturated heterocycles. The number of H-pyrrole nitrogens is 1. The van der Waals surface area contributed by atoms with E-state index in [0.717, 1.165) is 16.5 Å². The molecular weight excluding hydrogens is 462 g/mol. The molecule has 0 aliphatic heterocycles. The van der Waals surface area contributed by atoms with E-state index < -0.39 is 54.5 Å². The molecule has 2 aromatic rings. The zero-order chi connectivity index (χ0) is 25.3.